The average molecular weight is 675 g/mol. The zero-order valence-electron chi connectivity index (χ0n) is 28.0. The molecule has 258 valence electrons. The number of carbonyl (C=O) groups is 2. The summed E-state index contributed by atoms with van der Waals surface area (Å²) in [6.45, 7) is 9.29. The van der Waals surface area contributed by atoms with Gasteiger partial charge >= 0.3 is 0 Å². The van der Waals surface area contributed by atoms with Crippen LogP contribution in [0.15, 0.2) is 60.9 Å². The van der Waals surface area contributed by atoms with Gasteiger partial charge in [0, 0.05) is 56.2 Å². The fourth-order valence-corrected chi connectivity index (χ4v) is 6.41. The number of likely N-dealkylation sites (N-methyl/N-ethyl adjacent to an activating group) is 1. The quantitative estimate of drug-likeness (QED) is 0.147. The van der Waals surface area contributed by atoms with Crippen molar-refractivity contribution >= 4 is 34.1 Å². The number of amides is 2. The number of carbonyl (C=O) groups excluding carboxylic acids is 2. The van der Waals surface area contributed by atoms with Crippen LogP contribution in [-0.2, 0) is 9.59 Å². The number of aromatic nitrogens is 2. The number of methoxy groups -OCH3 is 1. The summed E-state index contributed by atoms with van der Waals surface area (Å²) in [6.07, 6.45) is 2.18. The SMILES string of the molecule is COc1cc2c(Oc3ccc(NC(=O)C4(C(=O)Nc5ccc(F)cc5)[C@H](C)[C@@H]4C)cc3F)ncnc2cc1OCCCN1CCN(C)CC1. The Morgan fingerprint density at radius 2 is 1.55 bits per heavy atom. The molecule has 1 aromatic heterocycles. The van der Waals surface area contributed by atoms with E-state index >= 15 is 4.39 Å². The number of benzene rings is 3. The van der Waals surface area contributed by atoms with E-state index in [2.05, 4.69) is 37.4 Å². The third-order valence-corrected chi connectivity index (χ3v) is 9.68. The van der Waals surface area contributed by atoms with E-state index < -0.39 is 28.9 Å². The number of ether oxygens (including phenoxy) is 3. The van der Waals surface area contributed by atoms with Crippen molar-refractivity contribution in [3.05, 3.63) is 72.6 Å². The first-order chi connectivity index (χ1) is 23.6. The van der Waals surface area contributed by atoms with E-state index in [4.69, 9.17) is 14.2 Å². The molecule has 2 aliphatic rings. The Hall–Kier alpha value is -4.88. The summed E-state index contributed by atoms with van der Waals surface area (Å²) in [5.41, 5.74) is -0.320. The lowest BCUT2D eigenvalue weighted by Crippen LogP contribution is -2.44. The van der Waals surface area contributed by atoms with Crippen molar-refractivity contribution in [1.82, 2.24) is 19.8 Å². The Morgan fingerprint density at radius 3 is 2.20 bits per heavy atom. The minimum Gasteiger partial charge on any atom is -0.493 e. The second-order valence-corrected chi connectivity index (χ2v) is 12.7. The molecule has 1 aliphatic carbocycles. The van der Waals surface area contributed by atoms with Crippen LogP contribution in [0.4, 0.5) is 20.2 Å². The van der Waals surface area contributed by atoms with Gasteiger partial charge in [-0.3, -0.25) is 9.59 Å². The van der Waals surface area contributed by atoms with Crippen molar-refractivity contribution in [2.24, 2.45) is 17.3 Å². The van der Waals surface area contributed by atoms with Crippen LogP contribution in [0.1, 0.15) is 20.3 Å². The zero-order chi connectivity index (χ0) is 34.7. The summed E-state index contributed by atoms with van der Waals surface area (Å²) >= 11 is 0. The molecule has 2 fully saturated rings. The van der Waals surface area contributed by atoms with Gasteiger partial charge < -0.3 is 34.6 Å². The summed E-state index contributed by atoms with van der Waals surface area (Å²) < 4.78 is 46.3. The summed E-state index contributed by atoms with van der Waals surface area (Å²) in [5, 5.41) is 5.89. The molecule has 1 saturated carbocycles. The van der Waals surface area contributed by atoms with E-state index in [1.54, 1.807) is 26.0 Å². The monoisotopic (exact) mass is 674 g/mol. The molecule has 4 aromatic rings. The largest absolute Gasteiger partial charge is 0.493 e. The molecule has 2 N–H and O–H groups in total. The van der Waals surface area contributed by atoms with Crippen LogP contribution < -0.4 is 24.8 Å². The Morgan fingerprint density at radius 1 is 0.878 bits per heavy atom. The van der Waals surface area contributed by atoms with Crippen molar-refractivity contribution in [1.29, 1.82) is 0 Å². The summed E-state index contributed by atoms with van der Waals surface area (Å²) in [6, 6.07) is 12.7. The highest BCUT2D eigenvalue weighted by molar-refractivity contribution is 6.17. The van der Waals surface area contributed by atoms with Gasteiger partial charge in [0.25, 0.3) is 0 Å². The molecule has 2 amide bonds. The molecular formula is C36H40F2N6O5. The van der Waals surface area contributed by atoms with Crippen LogP contribution in [0, 0.1) is 28.9 Å². The molecule has 0 radical (unpaired) electrons. The lowest BCUT2D eigenvalue weighted by Gasteiger charge is -2.32. The van der Waals surface area contributed by atoms with E-state index in [0.717, 1.165) is 45.2 Å². The second kappa shape index (κ2) is 14.3. The first kappa shape index (κ1) is 34.0. The molecule has 2 heterocycles. The normalized spacial score (nSPS) is 20.9. The number of nitrogens with zero attached hydrogens (tertiary/aromatic N) is 4. The van der Waals surface area contributed by atoms with Crippen LogP contribution in [0.25, 0.3) is 10.9 Å². The van der Waals surface area contributed by atoms with Gasteiger partial charge in [0.2, 0.25) is 17.7 Å². The first-order valence-corrected chi connectivity index (χ1v) is 16.3. The molecule has 11 nitrogen and oxygen atoms in total. The first-order valence-electron chi connectivity index (χ1n) is 16.3. The highest BCUT2D eigenvalue weighted by atomic mass is 19.1. The minimum atomic E-state index is -1.37. The summed E-state index contributed by atoms with van der Waals surface area (Å²) in [4.78, 5) is 40.1. The highest BCUT2D eigenvalue weighted by Gasteiger charge is 2.69. The average Bonchev–Trinajstić information content (AvgIpc) is 3.65. The zero-order valence-corrected chi connectivity index (χ0v) is 28.0. The fraction of sp³-hybridized carbons (Fsp3) is 0.389. The van der Waals surface area contributed by atoms with Crippen molar-refractivity contribution in [2.45, 2.75) is 20.3 Å². The third kappa shape index (κ3) is 7.13. The second-order valence-electron chi connectivity index (χ2n) is 12.7. The Kier molecular flexibility index (Phi) is 9.93. The third-order valence-electron chi connectivity index (χ3n) is 9.68. The lowest BCUT2D eigenvalue weighted by molar-refractivity contribution is -0.132. The van der Waals surface area contributed by atoms with Crippen molar-refractivity contribution < 1.29 is 32.6 Å². The number of hydrogen-bond donors (Lipinski definition) is 2. The molecule has 1 aliphatic heterocycles. The van der Waals surface area contributed by atoms with Gasteiger partial charge in [-0.1, -0.05) is 13.8 Å². The van der Waals surface area contributed by atoms with Gasteiger partial charge in [-0.05, 0) is 67.8 Å². The summed E-state index contributed by atoms with van der Waals surface area (Å²) in [5.74, 6) is -1.82. The number of fused-ring (bicyclic) bond motifs is 1. The van der Waals surface area contributed by atoms with Crippen LogP contribution in [0.5, 0.6) is 23.1 Å². The van der Waals surface area contributed by atoms with Crippen molar-refractivity contribution in [2.75, 3.05) is 64.1 Å². The van der Waals surface area contributed by atoms with E-state index in [9.17, 15) is 14.0 Å². The summed E-state index contributed by atoms with van der Waals surface area (Å²) in [7, 11) is 3.67. The Balaban J connectivity index is 1.12. The molecule has 13 heteroatoms. The number of anilines is 2. The molecule has 3 aromatic carbocycles. The predicted octanol–water partition coefficient (Wildman–Crippen LogP) is 5.57. The molecule has 3 atom stereocenters. The number of piperazine rings is 1. The molecule has 1 unspecified atom stereocenters. The van der Waals surface area contributed by atoms with Gasteiger partial charge in [-0.25, -0.2) is 18.7 Å². The van der Waals surface area contributed by atoms with E-state index in [1.165, 1.54) is 49.8 Å². The van der Waals surface area contributed by atoms with E-state index in [-0.39, 0.29) is 29.2 Å². The molecule has 1 saturated heterocycles. The van der Waals surface area contributed by atoms with Crippen molar-refractivity contribution in [3.8, 4) is 23.1 Å². The van der Waals surface area contributed by atoms with Crippen LogP contribution in [0.3, 0.4) is 0 Å². The van der Waals surface area contributed by atoms with Gasteiger partial charge in [0.1, 0.15) is 17.6 Å². The van der Waals surface area contributed by atoms with Gasteiger partial charge in [0.05, 0.1) is 24.6 Å². The fourth-order valence-electron chi connectivity index (χ4n) is 6.41. The molecule has 0 spiro atoms. The van der Waals surface area contributed by atoms with Gasteiger partial charge in [-0.15, -0.1) is 0 Å². The number of halogens is 2. The lowest BCUT2D eigenvalue weighted by atomic mass is 9.99. The van der Waals surface area contributed by atoms with Gasteiger partial charge in [-0.2, -0.15) is 0 Å². The van der Waals surface area contributed by atoms with Crippen LogP contribution in [-0.4, -0.2) is 85.1 Å². The maximum absolute atomic E-state index is 15.4. The molecule has 49 heavy (non-hydrogen) atoms. The topological polar surface area (TPSA) is 118 Å². The Labute approximate surface area is 283 Å². The standard InChI is InChI=1S/C36H40F2N6O5/c1-22-23(2)36(22,34(45)41-25-8-6-24(37)7-9-25)35(46)42-26-10-11-30(28(38)18-26)49-33-27-19-31(47-4)32(20-29(27)39-21-40-33)48-17-5-12-44-15-13-43(3)14-16-44/h6-11,18-23H,5,12-17H2,1-4H3,(H,41,45)(H,42,46)/t22-,23+,36?. The molecule has 6 rings (SSSR count). The van der Waals surface area contributed by atoms with Crippen LogP contribution >= 0.6 is 0 Å². The number of nitrogens with one attached hydrogen (secondary N) is 2. The molecular weight excluding hydrogens is 634 g/mol. The van der Waals surface area contributed by atoms with E-state index in [0.29, 0.717) is 34.7 Å². The Bertz CT molecular complexity index is 1830. The highest BCUT2D eigenvalue weighted by Crippen LogP contribution is 2.59. The van der Waals surface area contributed by atoms with Crippen molar-refractivity contribution in [3.63, 3.8) is 0 Å². The minimum absolute atomic E-state index is 0.109. The smallest absolute Gasteiger partial charge is 0.240 e. The predicted molar refractivity (Wildman–Crippen MR) is 181 cm³/mol. The molecule has 0 bridgehead atoms. The maximum Gasteiger partial charge on any atom is 0.240 e. The maximum atomic E-state index is 15.4. The van der Waals surface area contributed by atoms with Gasteiger partial charge in [0.15, 0.2) is 23.1 Å². The number of hydrogen-bond acceptors (Lipinski definition) is 9. The van der Waals surface area contributed by atoms with Crippen LogP contribution in [0.2, 0.25) is 0 Å². The van der Waals surface area contributed by atoms with E-state index in [1.807, 2.05) is 0 Å². The number of rotatable bonds is 12.